The average molecular weight is 305 g/mol. The number of nitrogens with zero attached hydrogens (tertiary/aromatic N) is 1. The second-order valence-electron chi connectivity index (χ2n) is 4.12. The van der Waals surface area contributed by atoms with E-state index < -0.39 is 0 Å². The van der Waals surface area contributed by atoms with E-state index in [0.29, 0.717) is 5.56 Å². The molecule has 0 spiro atoms. The number of anilines is 1. The number of hydrogen-bond acceptors (Lipinski definition) is 2. The summed E-state index contributed by atoms with van der Waals surface area (Å²) in [6.07, 6.45) is 3.29. The summed E-state index contributed by atoms with van der Waals surface area (Å²) in [5.74, 6) is -0.146. The van der Waals surface area contributed by atoms with Gasteiger partial charge in [-0.1, -0.05) is 22.0 Å². The zero-order valence-electron chi connectivity index (χ0n) is 10.2. The molecular weight excluding hydrogens is 292 g/mol. The predicted octanol–water partition coefficient (Wildman–Crippen LogP) is 3.71. The molecule has 1 amide bonds. The molecule has 1 N–H and O–H groups in total. The van der Waals surface area contributed by atoms with Gasteiger partial charge in [0.1, 0.15) is 0 Å². The van der Waals surface area contributed by atoms with E-state index in [9.17, 15) is 4.79 Å². The molecule has 1 aromatic heterocycles. The Hall–Kier alpha value is -1.68. The molecule has 0 atom stereocenters. The lowest BCUT2D eigenvalue weighted by atomic mass is 10.1. The minimum absolute atomic E-state index is 0.146. The molecular formula is C14H13BrN2O. The standard InChI is InChI=1S/C14H13BrN2O/c1-9-6-11(8-16-7-9)14(18)17-13-5-3-4-12(15)10(13)2/h3-8H,1-2H3,(H,17,18). The van der Waals surface area contributed by atoms with Crippen molar-refractivity contribution in [3.8, 4) is 0 Å². The van der Waals surface area contributed by atoms with Gasteiger partial charge < -0.3 is 5.32 Å². The summed E-state index contributed by atoms with van der Waals surface area (Å²) in [4.78, 5) is 16.1. The first-order chi connectivity index (χ1) is 8.58. The highest BCUT2D eigenvalue weighted by Crippen LogP contribution is 2.23. The van der Waals surface area contributed by atoms with Crippen LogP contribution in [0.1, 0.15) is 21.5 Å². The van der Waals surface area contributed by atoms with Gasteiger partial charge in [0.25, 0.3) is 5.91 Å². The van der Waals surface area contributed by atoms with Crippen molar-refractivity contribution in [1.29, 1.82) is 0 Å². The molecule has 1 aromatic carbocycles. The average Bonchev–Trinajstić information content (AvgIpc) is 2.35. The summed E-state index contributed by atoms with van der Waals surface area (Å²) in [6.45, 7) is 3.86. The van der Waals surface area contributed by atoms with Gasteiger partial charge in [0.15, 0.2) is 0 Å². The molecule has 0 aliphatic carbocycles. The molecule has 1 heterocycles. The van der Waals surface area contributed by atoms with Crippen LogP contribution in [-0.2, 0) is 0 Å². The van der Waals surface area contributed by atoms with Crippen LogP contribution in [-0.4, -0.2) is 10.9 Å². The molecule has 3 nitrogen and oxygen atoms in total. The van der Waals surface area contributed by atoms with E-state index in [4.69, 9.17) is 0 Å². The molecule has 0 unspecified atom stereocenters. The molecule has 2 rings (SSSR count). The number of pyridine rings is 1. The van der Waals surface area contributed by atoms with Crippen LogP contribution in [0.2, 0.25) is 0 Å². The highest BCUT2D eigenvalue weighted by Gasteiger charge is 2.09. The van der Waals surface area contributed by atoms with Crippen LogP contribution in [0.25, 0.3) is 0 Å². The lowest BCUT2D eigenvalue weighted by Crippen LogP contribution is -2.13. The van der Waals surface area contributed by atoms with Crippen LogP contribution in [0.15, 0.2) is 41.1 Å². The van der Waals surface area contributed by atoms with E-state index in [1.807, 2.05) is 38.1 Å². The number of carbonyl (C=O) groups is 1. The Morgan fingerprint density at radius 1 is 1.28 bits per heavy atom. The van der Waals surface area contributed by atoms with Gasteiger partial charge in [-0.3, -0.25) is 9.78 Å². The van der Waals surface area contributed by atoms with Crippen molar-refractivity contribution in [2.75, 3.05) is 5.32 Å². The highest BCUT2D eigenvalue weighted by atomic mass is 79.9. The van der Waals surface area contributed by atoms with E-state index in [0.717, 1.165) is 21.3 Å². The molecule has 4 heteroatoms. The number of rotatable bonds is 2. The van der Waals surface area contributed by atoms with Crippen molar-refractivity contribution in [2.24, 2.45) is 0 Å². The monoisotopic (exact) mass is 304 g/mol. The molecule has 0 fully saturated rings. The highest BCUT2D eigenvalue weighted by molar-refractivity contribution is 9.10. The summed E-state index contributed by atoms with van der Waals surface area (Å²) in [7, 11) is 0. The number of benzene rings is 1. The first kappa shape index (κ1) is 12.8. The fourth-order valence-electron chi connectivity index (χ4n) is 1.62. The Bertz CT molecular complexity index is 596. The van der Waals surface area contributed by atoms with E-state index in [1.54, 1.807) is 12.4 Å². The zero-order valence-corrected chi connectivity index (χ0v) is 11.8. The number of aryl methyl sites for hydroxylation is 1. The fraction of sp³-hybridized carbons (Fsp3) is 0.143. The number of nitrogens with one attached hydrogen (secondary N) is 1. The minimum atomic E-state index is -0.146. The maximum atomic E-state index is 12.1. The van der Waals surface area contributed by atoms with Crippen LogP contribution in [0, 0.1) is 13.8 Å². The molecule has 0 saturated carbocycles. The number of amides is 1. The van der Waals surface area contributed by atoms with Crippen molar-refractivity contribution in [2.45, 2.75) is 13.8 Å². The lowest BCUT2D eigenvalue weighted by Gasteiger charge is -2.09. The van der Waals surface area contributed by atoms with Crippen molar-refractivity contribution in [1.82, 2.24) is 4.98 Å². The molecule has 2 aromatic rings. The van der Waals surface area contributed by atoms with Crippen molar-refractivity contribution in [3.63, 3.8) is 0 Å². The fourth-order valence-corrected chi connectivity index (χ4v) is 1.98. The Balaban J connectivity index is 2.24. The van der Waals surface area contributed by atoms with E-state index in [2.05, 4.69) is 26.2 Å². The topological polar surface area (TPSA) is 42.0 Å². The van der Waals surface area contributed by atoms with Crippen LogP contribution < -0.4 is 5.32 Å². The van der Waals surface area contributed by atoms with Crippen molar-refractivity contribution in [3.05, 3.63) is 57.8 Å². The summed E-state index contributed by atoms with van der Waals surface area (Å²) in [6, 6.07) is 7.53. The SMILES string of the molecule is Cc1cncc(C(=O)Nc2cccc(Br)c2C)c1. The predicted molar refractivity (Wildman–Crippen MR) is 75.8 cm³/mol. The smallest absolute Gasteiger partial charge is 0.257 e. The first-order valence-electron chi connectivity index (χ1n) is 5.56. The normalized spacial score (nSPS) is 10.2. The van der Waals surface area contributed by atoms with Crippen LogP contribution in [0.4, 0.5) is 5.69 Å². The maximum absolute atomic E-state index is 12.1. The molecule has 18 heavy (non-hydrogen) atoms. The van der Waals surface area contributed by atoms with Crippen LogP contribution in [0.3, 0.4) is 0 Å². The molecule has 0 aliphatic heterocycles. The van der Waals surface area contributed by atoms with Crippen LogP contribution >= 0.6 is 15.9 Å². The van der Waals surface area contributed by atoms with E-state index >= 15 is 0 Å². The summed E-state index contributed by atoms with van der Waals surface area (Å²) in [5.41, 5.74) is 3.34. The van der Waals surface area contributed by atoms with Gasteiger partial charge in [-0.2, -0.15) is 0 Å². The van der Waals surface area contributed by atoms with Gasteiger partial charge in [0, 0.05) is 22.6 Å². The Morgan fingerprint density at radius 3 is 2.78 bits per heavy atom. The minimum Gasteiger partial charge on any atom is -0.322 e. The number of aromatic nitrogens is 1. The zero-order chi connectivity index (χ0) is 13.1. The third-order valence-electron chi connectivity index (χ3n) is 2.65. The molecule has 0 saturated heterocycles. The van der Waals surface area contributed by atoms with Gasteiger partial charge >= 0.3 is 0 Å². The first-order valence-corrected chi connectivity index (χ1v) is 6.35. The van der Waals surface area contributed by atoms with Crippen LogP contribution in [0.5, 0.6) is 0 Å². The lowest BCUT2D eigenvalue weighted by molar-refractivity contribution is 0.102. The number of halogens is 1. The molecule has 0 bridgehead atoms. The molecule has 92 valence electrons. The number of carbonyl (C=O) groups excluding carboxylic acids is 1. The van der Waals surface area contributed by atoms with Gasteiger partial charge in [-0.25, -0.2) is 0 Å². The Morgan fingerprint density at radius 2 is 2.06 bits per heavy atom. The quantitative estimate of drug-likeness (QED) is 0.919. The summed E-state index contributed by atoms with van der Waals surface area (Å²) >= 11 is 3.44. The maximum Gasteiger partial charge on any atom is 0.257 e. The summed E-state index contributed by atoms with van der Waals surface area (Å²) < 4.78 is 0.975. The third kappa shape index (κ3) is 2.76. The second-order valence-corrected chi connectivity index (χ2v) is 4.97. The van der Waals surface area contributed by atoms with E-state index in [1.165, 1.54) is 0 Å². The molecule has 0 aliphatic rings. The number of hydrogen-bond donors (Lipinski definition) is 1. The van der Waals surface area contributed by atoms with Gasteiger partial charge in [-0.15, -0.1) is 0 Å². The van der Waals surface area contributed by atoms with Gasteiger partial charge in [0.05, 0.1) is 5.56 Å². The summed E-state index contributed by atoms with van der Waals surface area (Å²) in [5, 5.41) is 2.89. The van der Waals surface area contributed by atoms with Crippen molar-refractivity contribution >= 4 is 27.5 Å². The van der Waals surface area contributed by atoms with Gasteiger partial charge in [0.2, 0.25) is 0 Å². The molecule has 0 radical (unpaired) electrons. The van der Waals surface area contributed by atoms with Gasteiger partial charge in [-0.05, 0) is 43.2 Å². The Kier molecular flexibility index (Phi) is 3.77. The second kappa shape index (κ2) is 5.31. The third-order valence-corrected chi connectivity index (χ3v) is 3.51. The van der Waals surface area contributed by atoms with Crippen molar-refractivity contribution < 1.29 is 4.79 Å². The van der Waals surface area contributed by atoms with E-state index in [-0.39, 0.29) is 5.91 Å². The Labute approximate surface area is 114 Å². The largest absolute Gasteiger partial charge is 0.322 e.